The fourth-order valence-electron chi connectivity index (χ4n) is 2.86. The van der Waals surface area contributed by atoms with Crippen molar-refractivity contribution in [2.24, 2.45) is 11.7 Å². The van der Waals surface area contributed by atoms with Crippen molar-refractivity contribution < 1.29 is 4.79 Å². The molecule has 0 radical (unpaired) electrons. The maximum Gasteiger partial charge on any atom is 0.248 e. The number of nitrogens with zero attached hydrogens (tertiary/aromatic N) is 1. The van der Waals surface area contributed by atoms with Gasteiger partial charge in [0.25, 0.3) is 0 Å². The van der Waals surface area contributed by atoms with Gasteiger partial charge in [-0.05, 0) is 69.6 Å². The van der Waals surface area contributed by atoms with Crippen molar-refractivity contribution in [2.45, 2.75) is 25.8 Å². The summed E-state index contributed by atoms with van der Waals surface area (Å²) in [6.07, 6.45) is 3.83. The number of rotatable bonds is 6. The van der Waals surface area contributed by atoms with Crippen molar-refractivity contribution in [3.63, 3.8) is 0 Å². The van der Waals surface area contributed by atoms with Crippen molar-refractivity contribution in [2.75, 3.05) is 26.7 Å². The van der Waals surface area contributed by atoms with Crippen molar-refractivity contribution in [3.05, 3.63) is 35.4 Å². The zero-order valence-electron chi connectivity index (χ0n) is 12.7. The van der Waals surface area contributed by atoms with Gasteiger partial charge >= 0.3 is 0 Å². The van der Waals surface area contributed by atoms with Crippen LogP contribution in [0.15, 0.2) is 24.3 Å². The Balaban J connectivity index is 0.00000220. The molecule has 0 unspecified atom stereocenters. The average Bonchev–Trinajstić information content (AvgIpc) is 2.47. The Morgan fingerprint density at radius 2 is 2.10 bits per heavy atom. The zero-order chi connectivity index (χ0) is 14.4. The summed E-state index contributed by atoms with van der Waals surface area (Å²) < 4.78 is 0. The molecule has 0 bridgehead atoms. The number of likely N-dealkylation sites (tertiary alicyclic amines) is 1. The van der Waals surface area contributed by atoms with Gasteiger partial charge < -0.3 is 11.1 Å². The molecule has 4 nitrogen and oxygen atoms in total. The summed E-state index contributed by atoms with van der Waals surface area (Å²) in [6.45, 7) is 4.33. The van der Waals surface area contributed by atoms with Crippen LogP contribution in [0.1, 0.15) is 35.2 Å². The van der Waals surface area contributed by atoms with E-state index in [1.807, 2.05) is 19.2 Å². The molecule has 2 rings (SSSR count). The number of nitrogens with one attached hydrogen (secondary N) is 1. The van der Waals surface area contributed by atoms with Crippen LogP contribution in [-0.2, 0) is 6.54 Å². The summed E-state index contributed by atoms with van der Waals surface area (Å²) in [7, 11) is 2.01. The number of hydrogen-bond acceptors (Lipinski definition) is 3. The van der Waals surface area contributed by atoms with Gasteiger partial charge in [0.2, 0.25) is 5.91 Å². The number of halogens is 1. The highest BCUT2D eigenvalue weighted by molar-refractivity contribution is 5.92. The van der Waals surface area contributed by atoms with Crippen LogP contribution in [0, 0.1) is 5.92 Å². The quantitative estimate of drug-likeness (QED) is 0.845. The molecule has 3 N–H and O–H groups in total. The van der Waals surface area contributed by atoms with E-state index in [1.165, 1.54) is 24.8 Å². The van der Waals surface area contributed by atoms with Gasteiger partial charge in [-0.2, -0.15) is 0 Å². The van der Waals surface area contributed by atoms with E-state index < -0.39 is 0 Å². The minimum Gasteiger partial charge on any atom is -0.366 e. The fourth-order valence-corrected chi connectivity index (χ4v) is 2.86. The van der Waals surface area contributed by atoms with Gasteiger partial charge in [-0.1, -0.05) is 12.1 Å². The first kappa shape index (κ1) is 18.0. The summed E-state index contributed by atoms with van der Waals surface area (Å²) in [6, 6.07) is 7.67. The van der Waals surface area contributed by atoms with Crippen LogP contribution < -0.4 is 11.1 Å². The van der Waals surface area contributed by atoms with E-state index in [1.54, 1.807) is 6.07 Å². The lowest BCUT2D eigenvalue weighted by Crippen LogP contribution is -2.34. The molecule has 0 spiro atoms. The molecule has 1 saturated heterocycles. The summed E-state index contributed by atoms with van der Waals surface area (Å²) in [5.74, 6) is 0.508. The monoisotopic (exact) mass is 311 g/mol. The lowest BCUT2D eigenvalue weighted by Gasteiger charge is -2.32. The van der Waals surface area contributed by atoms with Gasteiger partial charge in [0, 0.05) is 12.1 Å². The first-order chi connectivity index (χ1) is 9.69. The molecule has 0 atom stereocenters. The van der Waals surface area contributed by atoms with Gasteiger partial charge in [0.05, 0.1) is 0 Å². The minimum absolute atomic E-state index is 0. The highest BCUT2D eigenvalue weighted by Gasteiger charge is 2.18. The maximum atomic E-state index is 11.2. The number of nitrogens with two attached hydrogens (primary N) is 1. The molecule has 21 heavy (non-hydrogen) atoms. The number of carbonyl (C=O) groups excluding carboxylic acids is 1. The molecule has 1 aromatic carbocycles. The second kappa shape index (κ2) is 9.03. The highest BCUT2D eigenvalue weighted by Crippen LogP contribution is 2.21. The molecule has 1 aliphatic heterocycles. The summed E-state index contributed by atoms with van der Waals surface area (Å²) in [5, 5.41) is 3.23. The number of benzene rings is 1. The Hall–Kier alpha value is -1.10. The van der Waals surface area contributed by atoms with Crippen LogP contribution in [0.4, 0.5) is 0 Å². The van der Waals surface area contributed by atoms with Gasteiger partial charge in [-0.15, -0.1) is 12.4 Å². The predicted octanol–water partition coefficient (Wildman–Crippen LogP) is 2.03. The summed E-state index contributed by atoms with van der Waals surface area (Å²) in [4.78, 5) is 13.7. The van der Waals surface area contributed by atoms with E-state index in [2.05, 4.69) is 16.3 Å². The Labute approximate surface area is 133 Å². The number of amides is 1. The molecule has 1 aliphatic rings. The smallest absolute Gasteiger partial charge is 0.248 e. The van der Waals surface area contributed by atoms with Gasteiger partial charge in [0.15, 0.2) is 0 Å². The third kappa shape index (κ3) is 5.65. The zero-order valence-corrected chi connectivity index (χ0v) is 13.5. The van der Waals surface area contributed by atoms with E-state index in [0.29, 0.717) is 5.56 Å². The van der Waals surface area contributed by atoms with Gasteiger partial charge in [-0.3, -0.25) is 9.69 Å². The molecule has 118 valence electrons. The number of primary amides is 1. The second-order valence-corrected chi connectivity index (χ2v) is 5.68. The molecular formula is C16H26ClN3O. The van der Waals surface area contributed by atoms with Crippen molar-refractivity contribution in [3.8, 4) is 0 Å². The van der Waals surface area contributed by atoms with Crippen LogP contribution in [0.3, 0.4) is 0 Å². The topological polar surface area (TPSA) is 58.4 Å². The van der Waals surface area contributed by atoms with E-state index in [0.717, 1.165) is 32.1 Å². The van der Waals surface area contributed by atoms with Gasteiger partial charge in [-0.25, -0.2) is 0 Å². The normalized spacial score (nSPS) is 16.4. The SMILES string of the molecule is CNCCC1CCN(Cc2cccc(C(N)=O)c2)CC1.Cl. The lowest BCUT2D eigenvalue weighted by molar-refractivity contribution is 0.1000. The number of piperidine rings is 1. The van der Waals surface area contributed by atoms with Crippen LogP contribution in [0.25, 0.3) is 0 Å². The summed E-state index contributed by atoms with van der Waals surface area (Å²) in [5.41, 5.74) is 7.10. The molecule has 1 heterocycles. The largest absolute Gasteiger partial charge is 0.366 e. The van der Waals surface area contributed by atoms with Crippen molar-refractivity contribution >= 4 is 18.3 Å². The average molecular weight is 312 g/mol. The van der Waals surface area contributed by atoms with Crippen LogP contribution in [0.5, 0.6) is 0 Å². The third-order valence-electron chi connectivity index (χ3n) is 4.13. The minimum atomic E-state index is -0.349. The van der Waals surface area contributed by atoms with E-state index in [4.69, 9.17) is 5.73 Å². The maximum absolute atomic E-state index is 11.2. The molecule has 0 aliphatic carbocycles. The van der Waals surface area contributed by atoms with E-state index in [9.17, 15) is 4.79 Å². The van der Waals surface area contributed by atoms with Crippen molar-refractivity contribution in [1.82, 2.24) is 10.2 Å². The first-order valence-corrected chi connectivity index (χ1v) is 7.44. The predicted molar refractivity (Wildman–Crippen MR) is 88.8 cm³/mol. The Morgan fingerprint density at radius 1 is 1.38 bits per heavy atom. The van der Waals surface area contributed by atoms with Crippen LogP contribution in [-0.4, -0.2) is 37.5 Å². The number of hydrogen-bond donors (Lipinski definition) is 2. The Bertz CT molecular complexity index is 445. The molecule has 1 amide bonds. The fraction of sp³-hybridized carbons (Fsp3) is 0.562. The summed E-state index contributed by atoms with van der Waals surface area (Å²) >= 11 is 0. The Morgan fingerprint density at radius 3 is 2.71 bits per heavy atom. The first-order valence-electron chi connectivity index (χ1n) is 7.44. The Kier molecular flexibility index (Phi) is 7.72. The van der Waals surface area contributed by atoms with Crippen LogP contribution >= 0.6 is 12.4 Å². The molecule has 0 saturated carbocycles. The molecular weight excluding hydrogens is 286 g/mol. The lowest BCUT2D eigenvalue weighted by atomic mass is 9.93. The molecule has 0 aromatic heterocycles. The number of carbonyl (C=O) groups is 1. The van der Waals surface area contributed by atoms with Crippen LogP contribution in [0.2, 0.25) is 0 Å². The van der Waals surface area contributed by atoms with E-state index >= 15 is 0 Å². The van der Waals surface area contributed by atoms with E-state index in [-0.39, 0.29) is 18.3 Å². The highest BCUT2D eigenvalue weighted by atomic mass is 35.5. The third-order valence-corrected chi connectivity index (χ3v) is 4.13. The molecule has 5 heteroatoms. The standard InChI is InChI=1S/C16H25N3O.ClH/c1-18-8-5-13-6-9-19(10-7-13)12-14-3-2-4-15(11-14)16(17)20;/h2-4,11,13,18H,5-10,12H2,1H3,(H2,17,20);1H. The molecule has 1 aromatic rings. The molecule has 1 fully saturated rings. The van der Waals surface area contributed by atoms with Gasteiger partial charge in [0.1, 0.15) is 0 Å². The van der Waals surface area contributed by atoms with Crippen molar-refractivity contribution in [1.29, 1.82) is 0 Å². The second-order valence-electron chi connectivity index (χ2n) is 5.68.